The maximum absolute atomic E-state index is 12.4. The number of rotatable bonds is 7. The molecule has 1 rings (SSSR count). The summed E-state index contributed by atoms with van der Waals surface area (Å²) in [4.78, 5) is 49.3. The number of methoxy groups -OCH3 is 4. The van der Waals surface area contributed by atoms with Gasteiger partial charge in [-0.3, -0.25) is 0 Å². The van der Waals surface area contributed by atoms with Crippen LogP contribution in [-0.2, 0) is 25.4 Å². The van der Waals surface area contributed by atoms with Crippen molar-refractivity contribution in [1.29, 1.82) is 0 Å². The van der Waals surface area contributed by atoms with Gasteiger partial charge in [0, 0.05) is 6.42 Å². The molecule has 0 spiro atoms. The molecular weight excluding hydrogens is 356 g/mol. The molecule has 8 heteroatoms. The maximum Gasteiger partial charge on any atom is 0.339 e. The zero-order valence-electron chi connectivity index (χ0n) is 15.5. The Morgan fingerprint density at radius 2 is 1.30 bits per heavy atom. The Morgan fingerprint density at radius 3 is 1.78 bits per heavy atom. The molecule has 0 saturated heterocycles. The fourth-order valence-electron chi connectivity index (χ4n) is 2.54. The Labute approximate surface area is 156 Å². The Morgan fingerprint density at radius 1 is 0.815 bits per heavy atom. The van der Waals surface area contributed by atoms with Gasteiger partial charge in [0.05, 0.1) is 50.7 Å². The largest absolute Gasteiger partial charge is 0.465 e. The van der Waals surface area contributed by atoms with Crippen LogP contribution < -0.4 is 0 Å². The molecule has 8 nitrogen and oxygen atoms in total. The van der Waals surface area contributed by atoms with Gasteiger partial charge >= 0.3 is 23.9 Å². The van der Waals surface area contributed by atoms with Crippen molar-refractivity contribution in [2.24, 2.45) is 0 Å². The lowest BCUT2D eigenvalue weighted by Crippen LogP contribution is -2.24. The molecule has 0 atom stereocenters. The van der Waals surface area contributed by atoms with Crippen LogP contribution in [0.4, 0.5) is 0 Å². The van der Waals surface area contributed by atoms with Crippen molar-refractivity contribution in [1.82, 2.24) is 0 Å². The summed E-state index contributed by atoms with van der Waals surface area (Å²) >= 11 is 0. The van der Waals surface area contributed by atoms with Crippen LogP contribution in [0.3, 0.4) is 0 Å². The number of unbranched alkanes of at least 4 members (excludes halogenated alkanes) is 1. The Balaban J connectivity index is 3.96. The highest BCUT2D eigenvalue weighted by Gasteiger charge is 2.34. The van der Waals surface area contributed by atoms with Crippen LogP contribution in [0, 0.1) is 12.3 Å². The highest BCUT2D eigenvalue weighted by atomic mass is 16.5. The molecule has 0 aromatic heterocycles. The van der Waals surface area contributed by atoms with Gasteiger partial charge in [-0.1, -0.05) is 0 Å². The van der Waals surface area contributed by atoms with Crippen molar-refractivity contribution in [3.63, 3.8) is 0 Å². The Hall–Kier alpha value is -3.34. The van der Waals surface area contributed by atoms with E-state index < -0.39 is 35.0 Å². The second-order valence-corrected chi connectivity index (χ2v) is 5.23. The fourth-order valence-corrected chi connectivity index (χ4v) is 2.54. The first-order valence-corrected chi connectivity index (χ1v) is 7.84. The number of hydrogen-bond donors (Lipinski definition) is 0. The van der Waals surface area contributed by atoms with Gasteiger partial charge in [0.25, 0.3) is 0 Å². The van der Waals surface area contributed by atoms with Crippen molar-refractivity contribution < 1.29 is 38.1 Å². The molecule has 0 amide bonds. The van der Waals surface area contributed by atoms with Crippen molar-refractivity contribution in [2.75, 3.05) is 28.4 Å². The fraction of sp³-hybridized carbons (Fsp3) is 0.368. The van der Waals surface area contributed by atoms with Gasteiger partial charge in [-0.25, -0.2) is 19.2 Å². The van der Waals surface area contributed by atoms with E-state index in [-0.39, 0.29) is 17.5 Å². The molecule has 1 aromatic rings. The van der Waals surface area contributed by atoms with Crippen LogP contribution in [0.5, 0.6) is 0 Å². The molecule has 0 radical (unpaired) electrons. The highest BCUT2D eigenvalue weighted by molar-refractivity contribution is 6.15. The zero-order chi connectivity index (χ0) is 20.6. The third kappa shape index (κ3) is 4.64. The van der Waals surface area contributed by atoms with E-state index in [1.54, 1.807) is 0 Å². The summed E-state index contributed by atoms with van der Waals surface area (Å²) in [6.45, 7) is 0. The molecule has 0 aliphatic heterocycles. The average Bonchev–Trinajstić information content (AvgIpc) is 2.70. The number of esters is 4. The van der Waals surface area contributed by atoms with Gasteiger partial charge in [-0.2, -0.15) is 0 Å². The predicted octanol–water partition coefficient (Wildman–Crippen LogP) is 1.79. The minimum atomic E-state index is -1.00. The normalized spacial score (nSPS) is 9.74. The van der Waals surface area contributed by atoms with E-state index >= 15 is 0 Å². The summed E-state index contributed by atoms with van der Waals surface area (Å²) in [6, 6.07) is 1.30. The summed E-state index contributed by atoms with van der Waals surface area (Å²) in [6.07, 6.45) is 6.38. The number of aryl methyl sites for hydroxylation is 1. The lowest BCUT2D eigenvalue weighted by Gasteiger charge is -2.18. The molecule has 0 heterocycles. The van der Waals surface area contributed by atoms with E-state index in [9.17, 15) is 19.2 Å². The van der Waals surface area contributed by atoms with E-state index in [0.29, 0.717) is 18.4 Å². The first-order chi connectivity index (χ1) is 12.9. The number of benzene rings is 1. The van der Waals surface area contributed by atoms with Gasteiger partial charge in [0.1, 0.15) is 0 Å². The van der Waals surface area contributed by atoms with Crippen molar-refractivity contribution in [2.45, 2.75) is 19.3 Å². The molecular formula is C19H20O8. The third-order valence-corrected chi connectivity index (χ3v) is 3.75. The number of hydrogen-bond acceptors (Lipinski definition) is 8. The van der Waals surface area contributed by atoms with Crippen molar-refractivity contribution >= 4 is 23.9 Å². The molecule has 0 bridgehead atoms. The summed E-state index contributed by atoms with van der Waals surface area (Å²) in [5.41, 5.74) is -0.972. The van der Waals surface area contributed by atoms with Gasteiger partial charge in [0.2, 0.25) is 0 Å². The molecule has 0 aliphatic rings. The van der Waals surface area contributed by atoms with E-state index in [2.05, 4.69) is 10.7 Å². The van der Waals surface area contributed by atoms with Gasteiger partial charge in [-0.05, 0) is 24.5 Å². The van der Waals surface area contributed by atoms with Crippen LogP contribution in [0.2, 0.25) is 0 Å². The third-order valence-electron chi connectivity index (χ3n) is 3.75. The number of carbonyl (C=O) groups excluding carboxylic acids is 4. The molecule has 27 heavy (non-hydrogen) atoms. The topological polar surface area (TPSA) is 105 Å². The summed E-state index contributed by atoms with van der Waals surface area (Å²) in [7, 11) is 4.39. The van der Waals surface area contributed by atoms with E-state index in [0.717, 1.165) is 28.4 Å². The van der Waals surface area contributed by atoms with E-state index in [1.807, 2.05) is 0 Å². The number of terminal acetylenes is 1. The molecule has 0 N–H and O–H groups in total. The number of carbonyl (C=O) groups is 4. The summed E-state index contributed by atoms with van der Waals surface area (Å²) in [5.74, 6) is -1.29. The van der Waals surface area contributed by atoms with Gasteiger partial charge in [0.15, 0.2) is 0 Å². The van der Waals surface area contributed by atoms with Crippen LogP contribution in [-0.4, -0.2) is 52.3 Å². The van der Waals surface area contributed by atoms with E-state index in [1.165, 1.54) is 6.07 Å². The van der Waals surface area contributed by atoms with E-state index in [4.69, 9.17) is 20.6 Å². The van der Waals surface area contributed by atoms with Gasteiger partial charge < -0.3 is 18.9 Å². The first kappa shape index (κ1) is 21.7. The lowest BCUT2D eigenvalue weighted by atomic mass is 9.89. The average molecular weight is 376 g/mol. The van der Waals surface area contributed by atoms with Crippen LogP contribution >= 0.6 is 0 Å². The first-order valence-electron chi connectivity index (χ1n) is 7.84. The van der Waals surface area contributed by atoms with Crippen LogP contribution in [0.15, 0.2) is 6.07 Å². The predicted molar refractivity (Wildman–Crippen MR) is 93.6 cm³/mol. The lowest BCUT2D eigenvalue weighted by molar-refractivity contribution is 0.0520. The zero-order valence-corrected chi connectivity index (χ0v) is 15.5. The maximum atomic E-state index is 12.4. The van der Waals surface area contributed by atoms with Crippen LogP contribution in [0.25, 0.3) is 0 Å². The minimum absolute atomic E-state index is 0.186. The summed E-state index contributed by atoms with van der Waals surface area (Å²) < 4.78 is 18.9. The van der Waals surface area contributed by atoms with Crippen molar-refractivity contribution in [3.05, 3.63) is 33.9 Å². The second kappa shape index (κ2) is 9.97. The summed E-state index contributed by atoms with van der Waals surface area (Å²) in [5, 5.41) is 0. The molecule has 0 saturated carbocycles. The molecule has 0 unspecified atom stereocenters. The molecule has 1 aromatic carbocycles. The second-order valence-electron chi connectivity index (χ2n) is 5.23. The van der Waals surface area contributed by atoms with Crippen molar-refractivity contribution in [3.8, 4) is 12.3 Å². The van der Waals surface area contributed by atoms with Crippen LogP contribution in [0.1, 0.15) is 59.8 Å². The Kier molecular flexibility index (Phi) is 8.01. The molecule has 0 aliphatic carbocycles. The smallest absolute Gasteiger partial charge is 0.339 e. The molecule has 144 valence electrons. The Bertz CT molecular complexity index is 801. The highest BCUT2D eigenvalue weighted by Crippen LogP contribution is 2.28. The quantitative estimate of drug-likeness (QED) is 0.307. The number of ether oxygens (including phenoxy) is 4. The van der Waals surface area contributed by atoms with Gasteiger partial charge in [-0.15, -0.1) is 12.3 Å². The standard InChI is InChI=1S/C19H20O8/c1-6-7-8-9-11-10-12(16(20)24-2)14(18(22)26-4)15(19(23)27-5)13(11)17(21)25-3/h1,10H,7-9H2,2-5H3. The SMILES string of the molecule is C#CCCCc1cc(C(=O)OC)c(C(=O)OC)c(C(=O)OC)c1C(=O)OC. The monoisotopic (exact) mass is 376 g/mol. The minimum Gasteiger partial charge on any atom is -0.465 e. The molecule has 0 fully saturated rings.